The largest absolute Gasteiger partial charge is 0.490 e. The lowest BCUT2D eigenvalue weighted by Gasteiger charge is -2.49. The molecular formula is C21H19ClF2O6S2. The van der Waals surface area contributed by atoms with Gasteiger partial charge in [-0.3, -0.25) is 0 Å². The maximum atomic E-state index is 15.2. The van der Waals surface area contributed by atoms with Gasteiger partial charge in [-0.15, -0.1) is 0 Å². The van der Waals surface area contributed by atoms with Crippen molar-refractivity contribution in [2.24, 2.45) is 5.92 Å². The molecule has 1 saturated heterocycles. The van der Waals surface area contributed by atoms with E-state index in [0.29, 0.717) is 5.02 Å². The Morgan fingerprint density at radius 1 is 1.06 bits per heavy atom. The molecule has 11 heteroatoms. The summed E-state index contributed by atoms with van der Waals surface area (Å²) in [6.07, 6.45) is 0.988. The number of benzene rings is 2. The third-order valence-corrected chi connectivity index (χ3v) is 9.25. The predicted octanol–water partition coefficient (Wildman–Crippen LogP) is 3.64. The topological polar surface area (TPSA) is 86.7 Å². The molecule has 3 atom stereocenters. The average molecular weight is 505 g/mol. The van der Waals surface area contributed by atoms with Gasteiger partial charge in [0.15, 0.2) is 31.2 Å². The predicted molar refractivity (Wildman–Crippen MR) is 114 cm³/mol. The van der Waals surface area contributed by atoms with E-state index in [1.54, 1.807) is 0 Å². The quantitative estimate of drug-likeness (QED) is 0.632. The van der Waals surface area contributed by atoms with E-state index in [0.717, 1.165) is 23.8 Å². The highest BCUT2D eigenvalue weighted by atomic mass is 35.5. The molecule has 4 rings (SSSR count). The molecule has 2 aromatic rings. The monoisotopic (exact) mass is 504 g/mol. The zero-order valence-corrected chi connectivity index (χ0v) is 19.2. The van der Waals surface area contributed by atoms with Crippen molar-refractivity contribution >= 4 is 31.3 Å². The van der Waals surface area contributed by atoms with E-state index in [1.165, 1.54) is 30.3 Å². The molecule has 1 fully saturated rings. The van der Waals surface area contributed by atoms with Crippen LogP contribution in [0.5, 0.6) is 5.75 Å². The van der Waals surface area contributed by atoms with E-state index in [2.05, 4.69) is 0 Å². The Morgan fingerprint density at radius 3 is 2.38 bits per heavy atom. The Balaban J connectivity index is 2.00. The van der Waals surface area contributed by atoms with Crippen molar-refractivity contribution in [3.05, 3.63) is 70.1 Å². The van der Waals surface area contributed by atoms with Gasteiger partial charge in [-0.25, -0.2) is 25.6 Å². The van der Waals surface area contributed by atoms with Gasteiger partial charge in [0.2, 0.25) is 0 Å². The second-order valence-corrected chi connectivity index (χ2v) is 12.3. The Bertz CT molecular complexity index is 1290. The lowest BCUT2D eigenvalue weighted by Crippen LogP contribution is -2.57. The van der Waals surface area contributed by atoms with Crippen LogP contribution in [0, 0.1) is 17.6 Å². The van der Waals surface area contributed by atoms with Crippen molar-refractivity contribution in [2.75, 3.05) is 19.5 Å². The first-order valence-electron chi connectivity index (χ1n) is 9.59. The molecule has 172 valence electrons. The Labute approximate surface area is 189 Å². The molecule has 2 aliphatic rings. The molecule has 0 bridgehead atoms. The van der Waals surface area contributed by atoms with Gasteiger partial charge in [0.05, 0.1) is 23.2 Å². The fraction of sp³-hybridized carbons (Fsp3) is 0.333. The van der Waals surface area contributed by atoms with E-state index >= 15 is 4.39 Å². The van der Waals surface area contributed by atoms with Crippen LogP contribution in [0.3, 0.4) is 0 Å². The van der Waals surface area contributed by atoms with Crippen molar-refractivity contribution in [3.8, 4) is 5.75 Å². The van der Waals surface area contributed by atoms with Crippen LogP contribution in [0.25, 0.3) is 0 Å². The lowest BCUT2D eigenvalue weighted by molar-refractivity contribution is -0.0479. The van der Waals surface area contributed by atoms with Crippen molar-refractivity contribution in [1.29, 1.82) is 0 Å². The third-order valence-electron chi connectivity index (χ3n) is 5.79. The van der Waals surface area contributed by atoms with E-state index in [9.17, 15) is 21.2 Å². The molecule has 0 radical (unpaired) electrons. The van der Waals surface area contributed by atoms with Crippen LogP contribution in [-0.4, -0.2) is 42.4 Å². The highest BCUT2D eigenvalue weighted by Crippen LogP contribution is 2.55. The highest BCUT2D eigenvalue weighted by Gasteiger charge is 2.61. The summed E-state index contributed by atoms with van der Waals surface area (Å²) in [5, 5.41) is 1.21. The first-order valence-corrected chi connectivity index (χ1v) is 13.4. The summed E-state index contributed by atoms with van der Waals surface area (Å²) in [6, 6.07) is 7.11. The first-order chi connectivity index (χ1) is 15.0. The molecule has 2 heterocycles. The normalized spacial score (nSPS) is 25.8. The minimum absolute atomic E-state index is 0.127. The molecule has 0 amide bonds. The van der Waals surface area contributed by atoms with Crippen LogP contribution in [0.15, 0.2) is 52.8 Å². The number of hydrogen-bond acceptors (Lipinski definition) is 6. The zero-order valence-electron chi connectivity index (χ0n) is 16.8. The number of ether oxygens (including phenoxy) is 2. The maximum absolute atomic E-state index is 15.2. The third kappa shape index (κ3) is 3.72. The molecule has 6 nitrogen and oxygen atoms in total. The van der Waals surface area contributed by atoms with E-state index in [1.807, 2.05) is 0 Å². The number of sulfone groups is 2. The van der Waals surface area contributed by atoms with Crippen LogP contribution >= 0.6 is 11.6 Å². The Kier molecular flexibility index (Phi) is 5.85. The SMILES string of the molecule is CS(=O)(=O)C=C[C@@H]1OCC[C@@]2(S(=O)(=O)c3ccc(Cl)cc3)c3c(F)ccc(F)c3OC[C@@H]12. The molecule has 2 aliphatic heterocycles. The molecule has 0 aliphatic carbocycles. The molecule has 2 aromatic carbocycles. The van der Waals surface area contributed by atoms with Gasteiger partial charge in [-0.1, -0.05) is 11.6 Å². The lowest BCUT2D eigenvalue weighted by atomic mass is 9.76. The van der Waals surface area contributed by atoms with Crippen molar-refractivity contribution < 1.29 is 35.1 Å². The van der Waals surface area contributed by atoms with Gasteiger partial charge in [0, 0.05) is 29.2 Å². The van der Waals surface area contributed by atoms with Gasteiger partial charge in [-0.05, 0) is 48.9 Å². The summed E-state index contributed by atoms with van der Waals surface area (Å²) >= 11 is 5.91. The van der Waals surface area contributed by atoms with Crippen molar-refractivity contribution in [2.45, 2.75) is 22.2 Å². The van der Waals surface area contributed by atoms with Gasteiger partial charge >= 0.3 is 0 Å². The van der Waals surface area contributed by atoms with Gasteiger partial charge < -0.3 is 9.47 Å². The summed E-state index contributed by atoms with van der Waals surface area (Å²) in [6.45, 7) is -0.448. The fourth-order valence-electron chi connectivity index (χ4n) is 4.40. The highest BCUT2D eigenvalue weighted by molar-refractivity contribution is 7.93. The molecule has 0 spiro atoms. The minimum Gasteiger partial charge on any atom is -0.490 e. The maximum Gasteiger partial charge on any atom is 0.189 e. The van der Waals surface area contributed by atoms with Gasteiger partial charge in [0.1, 0.15) is 10.6 Å². The molecule has 32 heavy (non-hydrogen) atoms. The minimum atomic E-state index is -4.35. The van der Waals surface area contributed by atoms with Gasteiger partial charge in [0.25, 0.3) is 0 Å². The van der Waals surface area contributed by atoms with Crippen LogP contribution in [0.1, 0.15) is 12.0 Å². The summed E-state index contributed by atoms with van der Waals surface area (Å²) in [5.74, 6) is -3.33. The van der Waals surface area contributed by atoms with E-state index < -0.39 is 59.4 Å². The van der Waals surface area contributed by atoms with Crippen molar-refractivity contribution in [1.82, 2.24) is 0 Å². The summed E-state index contributed by atoms with van der Waals surface area (Å²) in [7, 11) is -7.90. The second-order valence-electron chi connectivity index (χ2n) is 7.74. The molecule has 0 unspecified atom stereocenters. The van der Waals surface area contributed by atoms with Crippen LogP contribution in [0.2, 0.25) is 5.02 Å². The number of fused-ring (bicyclic) bond motifs is 3. The van der Waals surface area contributed by atoms with Crippen LogP contribution in [-0.2, 0) is 29.2 Å². The summed E-state index contributed by atoms with van der Waals surface area (Å²) in [5.41, 5.74) is -0.412. The molecular weight excluding hydrogens is 486 g/mol. The molecule has 0 aromatic heterocycles. The van der Waals surface area contributed by atoms with Crippen molar-refractivity contribution in [3.63, 3.8) is 0 Å². The van der Waals surface area contributed by atoms with Crippen LogP contribution < -0.4 is 4.74 Å². The summed E-state index contributed by atoms with van der Waals surface area (Å²) < 4.78 is 90.4. The standard InChI is InChI=1S/C21H19ClF2O6S2/c1-31(25,26)11-8-18-15-12-30-20-17(24)7-6-16(23)19(20)21(15,9-10-29-18)32(27,28)14-4-2-13(22)3-5-14/h2-8,11,15,18H,9-10,12H2,1H3/t15-,18-,21-/m0/s1. The van der Waals surface area contributed by atoms with E-state index in [4.69, 9.17) is 21.1 Å². The fourth-order valence-corrected chi connectivity index (χ4v) is 7.29. The smallest absolute Gasteiger partial charge is 0.189 e. The van der Waals surface area contributed by atoms with E-state index in [-0.39, 0.29) is 24.5 Å². The number of rotatable bonds is 4. The van der Waals surface area contributed by atoms with Crippen LogP contribution in [0.4, 0.5) is 8.78 Å². The number of halogens is 3. The first kappa shape index (κ1) is 23.2. The average Bonchev–Trinajstić information content (AvgIpc) is 2.73. The Morgan fingerprint density at radius 2 is 1.72 bits per heavy atom. The summed E-state index contributed by atoms with van der Waals surface area (Å²) in [4.78, 5) is -0.129. The van der Waals surface area contributed by atoms with Gasteiger partial charge in [-0.2, -0.15) is 0 Å². The number of hydrogen-bond donors (Lipinski definition) is 0. The molecule has 0 N–H and O–H groups in total. The Hall–Kier alpha value is -2.01. The zero-order chi connectivity index (χ0) is 23.3. The second kappa shape index (κ2) is 8.09. The molecule has 0 saturated carbocycles.